The van der Waals surface area contributed by atoms with Crippen molar-refractivity contribution in [2.75, 3.05) is 20.8 Å². The summed E-state index contributed by atoms with van der Waals surface area (Å²) < 4.78 is 16.4. The number of hydrogen-bond acceptors (Lipinski definition) is 4. The van der Waals surface area contributed by atoms with Gasteiger partial charge in [-0.05, 0) is 37.8 Å². The van der Waals surface area contributed by atoms with E-state index in [0.717, 1.165) is 12.5 Å². The lowest BCUT2D eigenvalue weighted by Crippen LogP contribution is -2.45. The SMILES string of the molecule is CO[Si](CCCN)(OC)OC(C)C.[SiH4]. The Morgan fingerprint density at radius 1 is 1.21 bits per heavy atom. The van der Waals surface area contributed by atoms with Crippen molar-refractivity contribution in [2.24, 2.45) is 5.73 Å². The zero-order chi connectivity index (χ0) is 10.3. The van der Waals surface area contributed by atoms with Crippen molar-refractivity contribution >= 4 is 19.8 Å². The predicted molar refractivity (Wildman–Crippen MR) is 65.8 cm³/mol. The van der Waals surface area contributed by atoms with Crippen molar-refractivity contribution in [3.05, 3.63) is 0 Å². The standard InChI is InChI=1S/C8H21NO3Si.H4Si/c1-8(2)12-13(10-3,11-4)7-5-6-9;/h8H,5-7,9H2,1-4H3;1H4. The maximum absolute atomic E-state index is 5.68. The van der Waals surface area contributed by atoms with Gasteiger partial charge in [0.25, 0.3) is 0 Å². The first-order valence-corrected chi connectivity index (χ1v) is 6.51. The van der Waals surface area contributed by atoms with E-state index in [1.807, 2.05) is 13.8 Å². The molecule has 0 radical (unpaired) electrons. The highest BCUT2D eigenvalue weighted by molar-refractivity contribution is 6.60. The second-order valence-electron chi connectivity index (χ2n) is 3.15. The summed E-state index contributed by atoms with van der Waals surface area (Å²) in [5.41, 5.74) is 5.43. The van der Waals surface area contributed by atoms with Crippen molar-refractivity contribution in [3.63, 3.8) is 0 Å². The van der Waals surface area contributed by atoms with Crippen molar-refractivity contribution in [2.45, 2.75) is 32.4 Å². The summed E-state index contributed by atoms with van der Waals surface area (Å²) >= 11 is 0. The lowest BCUT2D eigenvalue weighted by Gasteiger charge is -2.28. The second kappa shape index (κ2) is 8.57. The summed E-state index contributed by atoms with van der Waals surface area (Å²) in [4.78, 5) is 0. The highest BCUT2D eigenvalue weighted by Gasteiger charge is 2.39. The molecule has 6 heteroatoms. The molecule has 4 nitrogen and oxygen atoms in total. The van der Waals surface area contributed by atoms with Crippen molar-refractivity contribution in [3.8, 4) is 0 Å². The largest absolute Gasteiger partial charge is 0.500 e. The Kier molecular flexibility index (Phi) is 10.2. The highest BCUT2D eigenvalue weighted by atomic mass is 28.4. The molecule has 0 atom stereocenters. The topological polar surface area (TPSA) is 53.7 Å². The van der Waals surface area contributed by atoms with Crippen LogP contribution < -0.4 is 5.73 Å². The fourth-order valence-corrected chi connectivity index (χ4v) is 3.36. The molecule has 0 aromatic rings. The van der Waals surface area contributed by atoms with Gasteiger partial charge in [-0.15, -0.1) is 0 Å². The molecule has 0 aliphatic rings. The Balaban J connectivity index is 0. The van der Waals surface area contributed by atoms with Crippen molar-refractivity contribution in [1.82, 2.24) is 0 Å². The molecule has 14 heavy (non-hydrogen) atoms. The summed E-state index contributed by atoms with van der Waals surface area (Å²) in [5, 5.41) is 0. The number of nitrogens with two attached hydrogens (primary N) is 1. The van der Waals surface area contributed by atoms with Gasteiger partial charge in [0.15, 0.2) is 0 Å². The van der Waals surface area contributed by atoms with E-state index in [0.29, 0.717) is 6.54 Å². The molecule has 0 rings (SSSR count). The van der Waals surface area contributed by atoms with E-state index in [9.17, 15) is 0 Å². The van der Waals surface area contributed by atoms with Crippen LogP contribution in [-0.4, -0.2) is 46.6 Å². The van der Waals surface area contributed by atoms with Crippen LogP contribution in [0.4, 0.5) is 0 Å². The lowest BCUT2D eigenvalue weighted by atomic mass is 10.5. The Morgan fingerprint density at radius 3 is 2.00 bits per heavy atom. The smallest absolute Gasteiger partial charge is 0.377 e. The monoisotopic (exact) mass is 239 g/mol. The minimum atomic E-state index is -2.41. The van der Waals surface area contributed by atoms with Crippen LogP contribution in [0.5, 0.6) is 0 Å². The van der Waals surface area contributed by atoms with Gasteiger partial charge in [-0.1, -0.05) is 0 Å². The average molecular weight is 239 g/mol. The first-order valence-electron chi connectivity index (χ1n) is 4.58. The van der Waals surface area contributed by atoms with Gasteiger partial charge < -0.3 is 19.0 Å². The Labute approximate surface area is 92.5 Å². The molecule has 2 N–H and O–H groups in total. The van der Waals surface area contributed by atoms with E-state index in [-0.39, 0.29) is 17.1 Å². The van der Waals surface area contributed by atoms with Gasteiger partial charge in [-0.2, -0.15) is 0 Å². The Morgan fingerprint density at radius 2 is 1.71 bits per heavy atom. The molecule has 0 spiro atoms. The molecule has 0 saturated carbocycles. The van der Waals surface area contributed by atoms with E-state index in [1.54, 1.807) is 14.2 Å². The zero-order valence-electron chi connectivity index (χ0n) is 9.00. The van der Waals surface area contributed by atoms with Gasteiger partial charge in [-0.25, -0.2) is 0 Å². The fraction of sp³-hybridized carbons (Fsp3) is 1.00. The quantitative estimate of drug-likeness (QED) is 0.611. The fourth-order valence-electron chi connectivity index (χ4n) is 1.12. The maximum atomic E-state index is 5.68. The van der Waals surface area contributed by atoms with Crippen LogP contribution in [-0.2, 0) is 13.3 Å². The molecule has 0 unspecified atom stereocenters. The summed E-state index contributed by atoms with van der Waals surface area (Å²) in [6.45, 7) is 4.59. The third-order valence-electron chi connectivity index (χ3n) is 1.72. The minimum absolute atomic E-state index is 0. The van der Waals surface area contributed by atoms with E-state index in [4.69, 9.17) is 19.0 Å². The summed E-state index contributed by atoms with van der Waals surface area (Å²) in [7, 11) is 0.860. The van der Waals surface area contributed by atoms with Crippen LogP contribution in [0.2, 0.25) is 6.04 Å². The third kappa shape index (κ3) is 5.89. The second-order valence-corrected chi connectivity index (χ2v) is 6.07. The average Bonchev–Trinajstić information content (AvgIpc) is 2.12. The minimum Gasteiger partial charge on any atom is -0.377 e. The van der Waals surface area contributed by atoms with E-state index >= 15 is 0 Å². The van der Waals surface area contributed by atoms with Gasteiger partial charge in [0.2, 0.25) is 0 Å². The predicted octanol–water partition coefficient (Wildman–Crippen LogP) is -0.460. The molecule has 0 aromatic heterocycles. The van der Waals surface area contributed by atoms with Gasteiger partial charge in [0, 0.05) is 26.4 Å². The van der Waals surface area contributed by atoms with E-state index < -0.39 is 8.80 Å². The Bertz CT molecular complexity index is 132. The van der Waals surface area contributed by atoms with Crippen LogP contribution in [0.25, 0.3) is 0 Å². The molecular formula is C8H25NO3Si2. The maximum Gasteiger partial charge on any atom is 0.500 e. The zero-order valence-corrected chi connectivity index (χ0v) is 10.0. The molecule has 0 aromatic carbocycles. The summed E-state index contributed by atoms with van der Waals surface area (Å²) in [6, 6.07) is 0.786. The first kappa shape index (κ1) is 16.7. The van der Waals surface area contributed by atoms with Crippen LogP contribution in [0.1, 0.15) is 20.3 Å². The molecule has 0 amide bonds. The normalized spacial score (nSPS) is 11.6. The van der Waals surface area contributed by atoms with Gasteiger partial charge in [-0.3, -0.25) is 0 Å². The van der Waals surface area contributed by atoms with Crippen LogP contribution in [0, 0.1) is 0 Å². The molecule has 0 bridgehead atoms. The lowest BCUT2D eigenvalue weighted by molar-refractivity contribution is 0.0696. The van der Waals surface area contributed by atoms with Crippen molar-refractivity contribution in [1.29, 1.82) is 0 Å². The molecular weight excluding hydrogens is 214 g/mol. The van der Waals surface area contributed by atoms with Crippen LogP contribution >= 0.6 is 0 Å². The first-order chi connectivity index (χ1) is 6.10. The van der Waals surface area contributed by atoms with E-state index in [2.05, 4.69) is 0 Å². The summed E-state index contributed by atoms with van der Waals surface area (Å²) in [5.74, 6) is 0. The highest BCUT2D eigenvalue weighted by Crippen LogP contribution is 2.17. The van der Waals surface area contributed by atoms with Gasteiger partial charge >= 0.3 is 8.80 Å². The van der Waals surface area contributed by atoms with Crippen molar-refractivity contribution < 1.29 is 13.3 Å². The number of rotatable bonds is 7. The molecule has 0 saturated heterocycles. The van der Waals surface area contributed by atoms with Gasteiger partial charge in [0.05, 0.1) is 0 Å². The van der Waals surface area contributed by atoms with Gasteiger partial charge in [0.1, 0.15) is 0 Å². The molecule has 0 aliphatic carbocycles. The Hall–Kier alpha value is 0.274. The molecule has 0 fully saturated rings. The van der Waals surface area contributed by atoms with Crippen LogP contribution in [0.3, 0.4) is 0 Å². The molecule has 88 valence electrons. The molecule has 0 aliphatic heterocycles. The molecule has 0 heterocycles. The van der Waals surface area contributed by atoms with Crippen LogP contribution in [0.15, 0.2) is 0 Å². The third-order valence-corrected chi connectivity index (χ3v) is 4.76. The summed E-state index contributed by atoms with van der Waals surface area (Å²) in [6.07, 6.45) is 1.00. The number of hydrogen-bond donors (Lipinski definition) is 1. The van der Waals surface area contributed by atoms with E-state index in [1.165, 1.54) is 0 Å².